The fourth-order valence-corrected chi connectivity index (χ4v) is 5.95. The summed E-state index contributed by atoms with van der Waals surface area (Å²) in [5.74, 6) is 1.28. The van der Waals surface area contributed by atoms with Crippen molar-refractivity contribution in [1.29, 1.82) is 0 Å². The molecule has 3 nitrogen and oxygen atoms in total. The summed E-state index contributed by atoms with van der Waals surface area (Å²) in [4.78, 5) is 0.460. The number of hydrogen-bond acceptors (Lipinski definition) is 2. The van der Waals surface area contributed by atoms with Crippen LogP contribution in [0.25, 0.3) is 0 Å². The molecule has 4 heteroatoms. The van der Waals surface area contributed by atoms with Crippen molar-refractivity contribution in [2.75, 3.05) is 0 Å². The van der Waals surface area contributed by atoms with Crippen LogP contribution in [-0.4, -0.2) is 24.8 Å². The summed E-state index contributed by atoms with van der Waals surface area (Å²) < 4.78 is 26.9. The van der Waals surface area contributed by atoms with Gasteiger partial charge < -0.3 is 0 Å². The van der Waals surface area contributed by atoms with Gasteiger partial charge in [0.05, 0.1) is 4.90 Å². The molecule has 1 unspecified atom stereocenters. The van der Waals surface area contributed by atoms with Gasteiger partial charge in [-0.25, -0.2) is 8.42 Å². The number of sulfonamides is 1. The van der Waals surface area contributed by atoms with Gasteiger partial charge in [-0.3, -0.25) is 0 Å². The average molecular weight is 263 g/mol. The van der Waals surface area contributed by atoms with E-state index in [9.17, 15) is 8.42 Å². The van der Waals surface area contributed by atoms with E-state index in [4.69, 9.17) is 0 Å². The highest BCUT2D eigenvalue weighted by molar-refractivity contribution is 7.89. The van der Waals surface area contributed by atoms with Crippen LogP contribution in [0.15, 0.2) is 29.2 Å². The zero-order chi connectivity index (χ0) is 12.5. The lowest BCUT2D eigenvalue weighted by molar-refractivity contribution is 0.447. The summed E-state index contributed by atoms with van der Waals surface area (Å²) in [5, 5.41) is 0. The molecule has 96 valence electrons. The molecular weight excluding hydrogens is 246 g/mol. The molecule has 1 aromatic carbocycles. The smallest absolute Gasteiger partial charge is 0.207 e. The maximum Gasteiger partial charge on any atom is 0.243 e. The molecule has 0 amide bonds. The first-order valence-corrected chi connectivity index (χ1v) is 8.13. The number of hydrogen-bond donors (Lipinski definition) is 0. The first kappa shape index (κ1) is 11.0. The summed E-state index contributed by atoms with van der Waals surface area (Å²) >= 11 is 0. The SMILES string of the molecule is Cc1ccc(S(=O)(=O)N2[C@@H]3[C@H]4CC[C@@H](C4)[C@@H]32)cc1. The molecule has 0 aromatic heterocycles. The Bertz CT molecular complexity index is 577. The van der Waals surface area contributed by atoms with Crippen molar-refractivity contribution in [3.05, 3.63) is 29.8 Å². The Balaban J connectivity index is 1.68. The van der Waals surface area contributed by atoms with Crippen LogP contribution in [0.1, 0.15) is 24.8 Å². The lowest BCUT2D eigenvalue weighted by Crippen LogP contribution is -2.21. The van der Waals surface area contributed by atoms with Crippen molar-refractivity contribution in [2.45, 2.75) is 43.2 Å². The van der Waals surface area contributed by atoms with Gasteiger partial charge in [0.15, 0.2) is 0 Å². The molecule has 3 fully saturated rings. The van der Waals surface area contributed by atoms with E-state index in [0.717, 1.165) is 5.56 Å². The molecule has 4 rings (SSSR count). The summed E-state index contributed by atoms with van der Waals surface area (Å²) in [6.07, 6.45) is 3.72. The summed E-state index contributed by atoms with van der Waals surface area (Å²) in [5.41, 5.74) is 1.10. The Morgan fingerprint density at radius 2 is 1.61 bits per heavy atom. The van der Waals surface area contributed by atoms with Crippen LogP contribution in [-0.2, 0) is 10.0 Å². The molecule has 1 aromatic rings. The van der Waals surface area contributed by atoms with Crippen LogP contribution in [0.5, 0.6) is 0 Å². The quantitative estimate of drug-likeness (QED) is 0.767. The first-order chi connectivity index (χ1) is 8.59. The molecule has 1 aliphatic heterocycles. The van der Waals surface area contributed by atoms with Gasteiger partial charge in [0, 0.05) is 12.1 Å². The average Bonchev–Trinajstić information content (AvgIpc) is 2.83. The minimum absolute atomic E-state index is 0.329. The monoisotopic (exact) mass is 263 g/mol. The van der Waals surface area contributed by atoms with Crippen molar-refractivity contribution in [2.24, 2.45) is 11.8 Å². The largest absolute Gasteiger partial charge is 0.243 e. The van der Waals surface area contributed by atoms with Gasteiger partial charge in [-0.15, -0.1) is 0 Å². The highest BCUT2D eigenvalue weighted by atomic mass is 32.2. The van der Waals surface area contributed by atoms with Gasteiger partial charge in [-0.05, 0) is 50.2 Å². The topological polar surface area (TPSA) is 37.1 Å². The Hall–Kier alpha value is -0.870. The summed E-state index contributed by atoms with van der Waals surface area (Å²) in [6, 6.07) is 7.88. The standard InChI is InChI=1S/C14H17NO2S/c1-9-2-6-12(7-3-9)18(16,17)15-13-10-4-5-11(8-10)14(13)15/h2-3,6-7,10-11,13-14H,4-5,8H2,1H3/t10-,11-,13-,14+,15?/m0/s1. The van der Waals surface area contributed by atoms with Crippen molar-refractivity contribution in [3.8, 4) is 0 Å². The van der Waals surface area contributed by atoms with Crippen LogP contribution in [0.3, 0.4) is 0 Å². The van der Waals surface area contributed by atoms with Crippen LogP contribution in [0.2, 0.25) is 0 Å². The fraction of sp³-hybridized carbons (Fsp3) is 0.571. The molecule has 0 radical (unpaired) electrons. The Morgan fingerprint density at radius 1 is 1.06 bits per heavy atom. The third-order valence-corrected chi connectivity index (χ3v) is 6.83. The van der Waals surface area contributed by atoms with Gasteiger partial charge in [0.2, 0.25) is 10.0 Å². The van der Waals surface area contributed by atoms with Crippen molar-refractivity contribution < 1.29 is 8.42 Å². The summed E-state index contributed by atoms with van der Waals surface area (Å²) in [7, 11) is -3.23. The van der Waals surface area contributed by atoms with Gasteiger partial charge in [-0.1, -0.05) is 17.7 Å². The molecule has 3 aliphatic rings. The maximum absolute atomic E-state index is 12.6. The lowest BCUT2D eigenvalue weighted by Gasteiger charge is -2.12. The normalized spacial score (nSPS) is 40.8. The number of fused-ring (bicyclic) bond motifs is 5. The number of nitrogens with zero attached hydrogens (tertiary/aromatic N) is 1. The van der Waals surface area contributed by atoms with Crippen LogP contribution >= 0.6 is 0 Å². The predicted molar refractivity (Wildman–Crippen MR) is 68.6 cm³/mol. The van der Waals surface area contributed by atoms with E-state index in [1.165, 1.54) is 19.3 Å². The highest BCUT2D eigenvalue weighted by Crippen LogP contribution is 2.60. The molecular formula is C14H17NO2S. The zero-order valence-corrected chi connectivity index (χ0v) is 11.2. The molecule has 5 atom stereocenters. The van der Waals surface area contributed by atoms with Gasteiger partial charge in [-0.2, -0.15) is 4.31 Å². The molecule has 0 spiro atoms. The van der Waals surface area contributed by atoms with Crippen molar-refractivity contribution in [1.82, 2.24) is 4.31 Å². The Kier molecular flexibility index (Phi) is 2.06. The number of piperidine rings is 1. The maximum atomic E-state index is 12.6. The molecule has 0 N–H and O–H groups in total. The molecule has 1 saturated heterocycles. The van der Waals surface area contributed by atoms with Crippen molar-refractivity contribution in [3.63, 3.8) is 0 Å². The predicted octanol–water partition coefficient (Wildman–Crippen LogP) is 2.17. The summed E-state index contributed by atoms with van der Waals surface area (Å²) in [6.45, 7) is 1.97. The minimum Gasteiger partial charge on any atom is -0.207 e. The molecule has 2 aliphatic carbocycles. The number of benzene rings is 1. The van der Waals surface area contributed by atoms with Gasteiger partial charge >= 0.3 is 0 Å². The van der Waals surface area contributed by atoms with E-state index in [1.54, 1.807) is 16.4 Å². The Labute approximate surface area is 108 Å². The number of aryl methyl sites for hydroxylation is 1. The second kappa shape index (κ2) is 3.36. The van der Waals surface area contributed by atoms with E-state index in [1.807, 2.05) is 19.1 Å². The lowest BCUT2D eigenvalue weighted by atomic mass is 10.0. The highest BCUT2D eigenvalue weighted by Gasteiger charge is 2.68. The third kappa shape index (κ3) is 1.30. The second-order valence-corrected chi connectivity index (χ2v) is 7.81. The first-order valence-electron chi connectivity index (χ1n) is 6.69. The van der Waals surface area contributed by atoms with E-state index in [2.05, 4.69) is 0 Å². The van der Waals surface area contributed by atoms with Crippen LogP contribution < -0.4 is 0 Å². The van der Waals surface area contributed by atoms with E-state index in [-0.39, 0.29) is 0 Å². The van der Waals surface area contributed by atoms with Gasteiger partial charge in [0.25, 0.3) is 0 Å². The van der Waals surface area contributed by atoms with Gasteiger partial charge in [0.1, 0.15) is 0 Å². The van der Waals surface area contributed by atoms with Crippen LogP contribution in [0.4, 0.5) is 0 Å². The van der Waals surface area contributed by atoms with E-state index < -0.39 is 10.0 Å². The van der Waals surface area contributed by atoms with Crippen LogP contribution in [0, 0.1) is 18.8 Å². The van der Waals surface area contributed by atoms with Crippen molar-refractivity contribution >= 4 is 10.0 Å². The number of rotatable bonds is 2. The van der Waals surface area contributed by atoms with E-state index in [0.29, 0.717) is 28.8 Å². The zero-order valence-electron chi connectivity index (χ0n) is 10.4. The van der Waals surface area contributed by atoms with E-state index >= 15 is 0 Å². The fourth-order valence-electron chi connectivity index (χ4n) is 4.05. The molecule has 2 bridgehead atoms. The second-order valence-electron chi connectivity index (χ2n) is 5.96. The third-order valence-electron chi connectivity index (χ3n) is 4.92. The minimum atomic E-state index is -3.23. The molecule has 2 saturated carbocycles. The molecule has 18 heavy (non-hydrogen) atoms. The molecule has 1 heterocycles. The Morgan fingerprint density at radius 3 is 2.17 bits per heavy atom.